The topological polar surface area (TPSA) is 26.3 Å². The van der Waals surface area contributed by atoms with Crippen LogP contribution in [0.15, 0.2) is 0 Å². The highest BCUT2D eigenvalue weighted by molar-refractivity contribution is 5.68. The van der Waals surface area contributed by atoms with E-state index in [0.29, 0.717) is 13.0 Å². The molecule has 0 aliphatic heterocycles. The van der Waals surface area contributed by atoms with E-state index >= 15 is 0 Å². The molecule has 0 aromatic carbocycles. The van der Waals surface area contributed by atoms with Gasteiger partial charge in [-0.15, -0.1) is 0 Å². The van der Waals surface area contributed by atoms with E-state index in [1.165, 1.54) is 0 Å². The van der Waals surface area contributed by atoms with Crippen LogP contribution in [0.4, 0.5) is 0 Å². The predicted octanol–water partition coefficient (Wildman–Crippen LogP) is 2.38. The van der Waals surface area contributed by atoms with Crippen molar-refractivity contribution in [2.75, 3.05) is 6.61 Å². The summed E-state index contributed by atoms with van der Waals surface area (Å²) in [5, 5.41) is 0. The lowest BCUT2D eigenvalue weighted by atomic mass is 10.5. The largest absolute Gasteiger partial charge is 0.466 e. The highest BCUT2D eigenvalue weighted by Gasteiger charge is 1.93. The monoisotopic (exact) mass is 146 g/mol. The number of esters is 1. The van der Waals surface area contributed by atoms with Crippen molar-refractivity contribution < 1.29 is 9.53 Å². The smallest absolute Gasteiger partial charge is 0.305 e. The molecule has 0 atom stereocenters. The lowest BCUT2D eigenvalue weighted by Crippen LogP contribution is -2.02. The average Bonchev–Trinajstić information content (AvgIpc) is 2.04. The summed E-state index contributed by atoms with van der Waals surface area (Å²) in [6, 6.07) is 0. The van der Waals surface area contributed by atoms with Crippen molar-refractivity contribution in [2.24, 2.45) is 0 Å². The second kappa shape index (κ2) is 11.3. The van der Waals surface area contributed by atoms with Crippen molar-refractivity contribution >= 4 is 5.97 Å². The van der Waals surface area contributed by atoms with Crippen molar-refractivity contribution in [1.82, 2.24) is 0 Å². The van der Waals surface area contributed by atoms with Gasteiger partial charge in [-0.05, 0) is 6.42 Å². The van der Waals surface area contributed by atoms with Crippen LogP contribution in [0.5, 0.6) is 0 Å². The number of hydrogen-bond acceptors (Lipinski definition) is 2. The summed E-state index contributed by atoms with van der Waals surface area (Å²) >= 11 is 0. The number of rotatable bonds is 3. The molecule has 0 heterocycles. The van der Waals surface area contributed by atoms with Crippen LogP contribution in [0.1, 0.15) is 40.5 Å². The molecule has 0 saturated carbocycles. The van der Waals surface area contributed by atoms with Crippen molar-refractivity contribution in [3.05, 3.63) is 0 Å². The highest BCUT2D eigenvalue weighted by atomic mass is 16.5. The van der Waals surface area contributed by atoms with Crippen LogP contribution in [0, 0.1) is 0 Å². The van der Waals surface area contributed by atoms with E-state index in [0.717, 1.165) is 6.42 Å². The summed E-state index contributed by atoms with van der Waals surface area (Å²) in [6.45, 7) is 8.33. The van der Waals surface area contributed by atoms with Gasteiger partial charge in [0.25, 0.3) is 0 Å². The van der Waals surface area contributed by atoms with Gasteiger partial charge in [0.15, 0.2) is 0 Å². The Labute approximate surface area is 63.6 Å². The van der Waals surface area contributed by atoms with Gasteiger partial charge in [0.1, 0.15) is 0 Å². The standard InChI is InChI=1S/C6H12O2.C2H6/c1-3-5-8-6(7)4-2;1-2/h3-5H2,1-2H3;1-2H3. The molecule has 0 rings (SSSR count). The molecule has 0 spiro atoms. The third-order valence-corrected chi connectivity index (χ3v) is 0.756. The maximum atomic E-state index is 10.3. The second-order valence-corrected chi connectivity index (χ2v) is 1.57. The van der Waals surface area contributed by atoms with Crippen molar-refractivity contribution in [1.29, 1.82) is 0 Å². The van der Waals surface area contributed by atoms with Gasteiger partial charge in [0, 0.05) is 6.42 Å². The molecular formula is C8H18O2. The van der Waals surface area contributed by atoms with Gasteiger partial charge in [0.05, 0.1) is 6.61 Å². The number of hydrogen-bond donors (Lipinski definition) is 0. The van der Waals surface area contributed by atoms with Crippen LogP contribution in [-0.4, -0.2) is 12.6 Å². The van der Waals surface area contributed by atoms with Crippen LogP contribution >= 0.6 is 0 Å². The first-order valence-electron chi connectivity index (χ1n) is 3.96. The zero-order chi connectivity index (χ0) is 8.41. The summed E-state index contributed by atoms with van der Waals surface area (Å²) in [7, 11) is 0. The Bertz CT molecular complexity index is 69.7. The Balaban J connectivity index is 0. The summed E-state index contributed by atoms with van der Waals surface area (Å²) in [4.78, 5) is 10.3. The van der Waals surface area contributed by atoms with Crippen molar-refractivity contribution in [2.45, 2.75) is 40.5 Å². The first-order valence-corrected chi connectivity index (χ1v) is 3.96. The van der Waals surface area contributed by atoms with Gasteiger partial charge < -0.3 is 4.74 Å². The maximum absolute atomic E-state index is 10.3. The molecule has 0 N–H and O–H groups in total. The fourth-order valence-electron chi connectivity index (χ4n) is 0.318. The molecule has 0 aromatic heterocycles. The molecule has 0 bridgehead atoms. The minimum absolute atomic E-state index is 0.105. The minimum atomic E-state index is -0.105. The third kappa shape index (κ3) is 10.5. The van der Waals surface area contributed by atoms with Crippen LogP contribution in [0.25, 0.3) is 0 Å². The van der Waals surface area contributed by atoms with Crippen LogP contribution in [0.3, 0.4) is 0 Å². The van der Waals surface area contributed by atoms with Gasteiger partial charge in [-0.25, -0.2) is 0 Å². The first kappa shape index (κ1) is 12.2. The minimum Gasteiger partial charge on any atom is -0.466 e. The van der Waals surface area contributed by atoms with E-state index in [4.69, 9.17) is 4.74 Å². The molecular weight excluding hydrogens is 128 g/mol. The Morgan fingerprint density at radius 2 is 1.80 bits per heavy atom. The van der Waals surface area contributed by atoms with Gasteiger partial charge >= 0.3 is 5.97 Å². The lowest BCUT2D eigenvalue weighted by Gasteiger charge is -1.97. The second-order valence-electron chi connectivity index (χ2n) is 1.57. The molecule has 0 aliphatic rings. The molecule has 2 nitrogen and oxygen atoms in total. The molecule has 0 fully saturated rings. The van der Waals surface area contributed by atoms with E-state index in [9.17, 15) is 4.79 Å². The molecule has 0 amide bonds. The molecule has 0 aromatic rings. The van der Waals surface area contributed by atoms with Crippen molar-refractivity contribution in [3.63, 3.8) is 0 Å². The highest BCUT2D eigenvalue weighted by Crippen LogP contribution is 1.85. The first-order chi connectivity index (χ1) is 4.81. The fourth-order valence-corrected chi connectivity index (χ4v) is 0.318. The number of ether oxygens (including phenoxy) is 1. The van der Waals surface area contributed by atoms with Gasteiger partial charge in [-0.1, -0.05) is 27.7 Å². The maximum Gasteiger partial charge on any atom is 0.305 e. The Morgan fingerprint density at radius 1 is 1.30 bits per heavy atom. The Hall–Kier alpha value is -0.530. The summed E-state index contributed by atoms with van der Waals surface area (Å²) < 4.78 is 4.70. The summed E-state index contributed by atoms with van der Waals surface area (Å²) in [5.41, 5.74) is 0. The van der Waals surface area contributed by atoms with E-state index in [1.54, 1.807) is 6.92 Å². The average molecular weight is 146 g/mol. The van der Waals surface area contributed by atoms with Crippen LogP contribution in [-0.2, 0) is 9.53 Å². The Morgan fingerprint density at radius 3 is 2.10 bits per heavy atom. The summed E-state index contributed by atoms with van der Waals surface area (Å²) in [5.74, 6) is -0.105. The quantitative estimate of drug-likeness (QED) is 0.571. The third-order valence-electron chi connectivity index (χ3n) is 0.756. The number of carbonyl (C=O) groups excluding carboxylic acids is 1. The van der Waals surface area contributed by atoms with E-state index in [2.05, 4.69) is 0 Å². The van der Waals surface area contributed by atoms with E-state index in [-0.39, 0.29) is 5.97 Å². The molecule has 0 unspecified atom stereocenters. The van der Waals surface area contributed by atoms with Crippen LogP contribution in [0.2, 0.25) is 0 Å². The van der Waals surface area contributed by atoms with Gasteiger partial charge in [0.2, 0.25) is 0 Å². The van der Waals surface area contributed by atoms with E-state index in [1.807, 2.05) is 20.8 Å². The van der Waals surface area contributed by atoms with Crippen LogP contribution < -0.4 is 0 Å². The zero-order valence-electron chi connectivity index (χ0n) is 7.44. The number of carbonyl (C=O) groups is 1. The molecule has 0 saturated heterocycles. The fraction of sp³-hybridized carbons (Fsp3) is 0.875. The molecule has 2 heteroatoms. The molecule has 0 aliphatic carbocycles. The summed E-state index contributed by atoms with van der Waals surface area (Å²) in [6.07, 6.45) is 1.39. The Kier molecular flexibility index (Phi) is 13.7. The zero-order valence-corrected chi connectivity index (χ0v) is 7.44. The van der Waals surface area contributed by atoms with E-state index < -0.39 is 0 Å². The van der Waals surface area contributed by atoms with Crippen molar-refractivity contribution in [3.8, 4) is 0 Å². The normalized spacial score (nSPS) is 7.60. The molecule has 10 heavy (non-hydrogen) atoms. The molecule has 0 radical (unpaired) electrons. The predicted molar refractivity (Wildman–Crippen MR) is 42.9 cm³/mol. The van der Waals surface area contributed by atoms with Gasteiger partial charge in [-0.3, -0.25) is 4.79 Å². The lowest BCUT2D eigenvalue weighted by molar-refractivity contribution is -0.143. The SMILES string of the molecule is CC.CCCOC(=O)CC. The molecule has 62 valence electrons. The van der Waals surface area contributed by atoms with Gasteiger partial charge in [-0.2, -0.15) is 0 Å².